The maximum atomic E-state index is 6.21. The zero-order valence-corrected chi connectivity index (χ0v) is 13.3. The highest BCUT2D eigenvalue weighted by molar-refractivity contribution is 14.1. The number of hydrogen-bond donors (Lipinski definition) is 0. The Kier molecular flexibility index (Phi) is 6.63. The Hall–Kier alpha value is 0.690. The van der Waals surface area contributed by atoms with Crippen LogP contribution in [0.25, 0.3) is 0 Å². The lowest BCUT2D eigenvalue weighted by atomic mass is 9.80. The molecule has 0 saturated heterocycles. The summed E-state index contributed by atoms with van der Waals surface area (Å²) in [5, 5.41) is 0. The van der Waals surface area contributed by atoms with Crippen molar-refractivity contribution in [2.45, 2.75) is 64.9 Å². The van der Waals surface area contributed by atoms with Gasteiger partial charge in [-0.1, -0.05) is 43.4 Å². The molecule has 1 aliphatic rings. The van der Waals surface area contributed by atoms with E-state index in [4.69, 9.17) is 4.74 Å². The van der Waals surface area contributed by atoms with Gasteiger partial charge in [-0.05, 0) is 50.4 Å². The van der Waals surface area contributed by atoms with Crippen LogP contribution in [0.5, 0.6) is 0 Å². The van der Waals surface area contributed by atoms with Gasteiger partial charge in [0.05, 0.1) is 5.60 Å². The monoisotopic (exact) mass is 338 g/mol. The number of hydrogen-bond acceptors (Lipinski definition) is 1. The third kappa shape index (κ3) is 4.91. The minimum absolute atomic E-state index is 0.226. The first kappa shape index (κ1) is 14.7. The number of alkyl halides is 1. The van der Waals surface area contributed by atoms with Gasteiger partial charge in [0.1, 0.15) is 0 Å². The Balaban J connectivity index is 2.25. The highest BCUT2D eigenvalue weighted by Crippen LogP contribution is 2.36. The Morgan fingerprint density at radius 3 is 2.44 bits per heavy atom. The molecule has 1 fully saturated rings. The van der Waals surface area contributed by atoms with Gasteiger partial charge in [-0.2, -0.15) is 0 Å². The fraction of sp³-hybridized carbons (Fsp3) is 1.00. The van der Waals surface area contributed by atoms with Gasteiger partial charge < -0.3 is 4.74 Å². The second kappa shape index (κ2) is 7.20. The van der Waals surface area contributed by atoms with Crippen molar-refractivity contribution in [1.29, 1.82) is 0 Å². The molecular formula is C14H27IO. The molecule has 0 atom stereocenters. The molecule has 1 rings (SSSR count). The third-order valence-electron chi connectivity index (χ3n) is 3.76. The van der Waals surface area contributed by atoms with Crippen LogP contribution in [0.1, 0.15) is 59.3 Å². The zero-order chi connectivity index (χ0) is 12.0. The molecule has 0 aromatic carbocycles. The van der Waals surface area contributed by atoms with Gasteiger partial charge in [-0.25, -0.2) is 0 Å². The molecule has 1 nitrogen and oxygen atoms in total. The Labute approximate surface area is 115 Å². The van der Waals surface area contributed by atoms with Crippen LogP contribution in [0.3, 0.4) is 0 Å². The zero-order valence-electron chi connectivity index (χ0n) is 11.1. The van der Waals surface area contributed by atoms with Crippen LogP contribution >= 0.6 is 22.6 Å². The summed E-state index contributed by atoms with van der Waals surface area (Å²) in [5.41, 5.74) is 0.226. The Morgan fingerprint density at radius 2 is 1.94 bits per heavy atom. The average molecular weight is 338 g/mol. The quantitative estimate of drug-likeness (QED) is 0.383. The summed E-state index contributed by atoms with van der Waals surface area (Å²) in [4.78, 5) is 0. The molecule has 0 N–H and O–H groups in total. The molecular weight excluding hydrogens is 311 g/mol. The van der Waals surface area contributed by atoms with Crippen molar-refractivity contribution < 1.29 is 4.74 Å². The summed E-state index contributed by atoms with van der Waals surface area (Å²) >= 11 is 2.51. The maximum Gasteiger partial charge on any atom is 0.0771 e. The fourth-order valence-corrected chi connectivity index (χ4v) is 3.37. The molecule has 0 aromatic rings. The Bertz CT molecular complexity index is 183. The second-order valence-corrected chi connectivity index (χ2v) is 6.65. The van der Waals surface area contributed by atoms with E-state index in [1.165, 1.54) is 43.0 Å². The van der Waals surface area contributed by atoms with Crippen molar-refractivity contribution in [3.63, 3.8) is 0 Å². The van der Waals surface area contributed by atoms with Crippen molar-refractivity contribution in [1.82, 2.24) is 0 Å². The molecule has 0 radical (unpaired) electrons. The molecule has 0 amide bonds. The van der Waals surface area contributed by atoms with Crippen LogP contribution in [0.4, 0.5) is 0 Å². The van der Waals surface area contributed by atoms with E-state index >= 15 is 0 Å². The minimum Gasteiger partial charge on any atom is -0.374 e. The van der Waals surface area contributed by atoms with Gasteiger partial charge in [0.15, 0.2) is 0 Å². The molecule has 0 spiro atoms. The van der Waals surface area contributed by atoms with Crippen LogP contribution in [0, 0.1) is 11.8 Å². The highest BCUT2D eigenvalue weighted by Gasteiger charge is 2.33. The smallest absolute Gasteiger partial charge is 0.0771 e. The van der Waals surface area contributed by atoms with Crippen molar-refractivity contribution in [3.05, 3.63) is 0 Å². The molecule has 0 aromatic heterocycles. The van der Waals surface area contributed by atoms with E-state index < -0.39 is 0 Å². The predicted molar refractivity (Wildman–Crippen MR) is 79.3 cm³/mol. The summed E-state index contributed by atoms with van der Waals surface area (Å²) in [5.74, 6) is 1.72. The molecule has 0 aliphatic heterocycles. The van der Waals surface area contributed by atoms with Gasteiger partial charge in [0.2, 0.25) is 0 Å². The van der Waals surface area contributed by atoms with E-state index in [0.29, 0.717) is 0 Å². The van der Waals surface area contributed by atoms with Crippen molar-refractivity contribution in [2.24, 2.45) is 11.8 Å². The minimum atomic E-state index is 0.226. The fourth-order valence-electron chi connectivity index (χ4n) is 2.39. The molecule has 96 valence electrons. The second-order valence-electron chi connectivity index (χ2n) is 5.88. The summed E-state index contributed by atoms with van der Waals surface area (Å²) in [7, 11) is 0. The van der Waals surface area contributed by atoms with Crippen molar-refractivity contribution in [2.75, 3.05) is 11.0 Å². The topological polar surface area (TPSA) is 9.23 Å². The van der Waals surface area contributed by atoms with Gasteiger partial charge in [0, 0.05) is 11.0 Å². The van der Waals surface area contributed by atoms with Crippen LogP contribution in [-0.2, 0) is 4.74 Å². The van der Waals surface area contributed by atoms with E-state index in [0.717, 1.165) is 18.4 Å². The van der Waals surface area contributed by atoms with Gasteiger partial charge in [0.25, 0.3) is 0 Å². The van der Waals surface area contributed by atoms with E-state index in [-0.39, 0.29) is 5.60 Å². The lowest BCUT2D eigenvalue weighted by Crippen LogP contribution is -2.38. The maximum absolute atomic E-state index is 6.21. The molecule has 1 aliphatic carbocycles. The summed E-state index contributed by atoms with van der Waals surface area (Å²) in [6, 6.07) is 0. The number of ether oxygens (including phenoxy) is 1. The molecule has 0 bridgehead atoms. The average Bonchev–Trinajstić information content (AvgIpc) is 2.27. The van der Waals surface area contributed by atoms with E-state index in [1.54, 1.807) is 0 Å². The summed E-state index contributed by atoms with van der Waals surface area (Å²) < 4.78 is 7.38. The molecule has 0 heterocycles. The lowest BCUT2D eigenvalue weighted by Gasteiger charge is -2.38. The van der Waals surface area contributed by atoms with Crippen LogP contribution in [0.2, 0.25) is 0 Å². The molecule has 0 unspecified atom stereocenters. The molecule has 2 heteroatoms. The first-order valence-corrected chi connectivity index (χ1v) is 8.30. The van der Waals surface area contributed by atoms with Crippen molar-refractivity contribution >= 4 is 22.6 Å². The third-order valence-corrected chi connectivity index (χ3v) is 5.15. The standard InChI is InChI=1S/C14H27IO/c1-12(2)5-4-10-16-14(11-15)8-6-13(3)7-9-14/h12-13H,4-11H2,1-3H3. The molecule has 1 saturated carbocycles. The molecule has 16 heavy (non-hydrogen) atoms. The van der Waals surface area contributed by atoms with Crippen LogP contribution < -0.4 is 0 Å². The summed E-state index contributed by atoms with van der Waals surface area (Å²) in [6.07, 6.45) is 7.79. The van der Waals surface area contributed by atoms with E-state index in [2.05, 4.69) is 43.4 Å². The van der Waals surface area contributed by atoms with Crippen LogP contribution in [-0.4, -0.2) is 16.6 Å². The van der Waals surface area contributed by atoms with Gasteiger partial charge in [-0.3, -0.25) is 0 Å². The SMILES string of the molecule is CC(C)CCCOC1(CI)CCC(C)CC1. The summed E-state index contributed by atoms with van der Waals surface area (Å²) in [6.45, 7) is 7.91. The van der Waals surface area contributed by atoms with Crippen molar-refractivity contribution in [3.8, 4) is 0 Å². The highest BCUT2D eigenvalue weighted by atomic mass is 127. The first-order chi connectivity index (χ1) is 7.58. The van der Waals surface area contributed by atoms with E-state index in [9.17, 15) is 0 Å². The normalized spacial score (nSPS) is 30.9. The van der Waals surface area contributed by atoms with Crippen LogP contribution in [0.15, 0.2) is 0 Å². The predicted octanol–water partition coefficient (Wildman–Crippen LogP) is 4.82. The van der Waals surface area contributed by atoms with Gasteiger partial charge in [-0.15, -0.1) is 0 Å². The Morgan fingerprint density at radius 1 is 1.31 bits per heavy atom. The van der Waals surface area contributed by atoms with E-state index in [1.807, 2.05) is 0 Å². The first-order valence-electron chi connectivity index (χ1n) is 6.78. The number of halogens is 1. The largest absolute Gasteiger partial charge is 0.374 e. The van der Waals surface area contributed by atoms with Gasteiger partial charge >= 0.3 is 0 Å². The lowest BCUT2D eigenvalue weighted by molar-refractivity contribution is -0.0591. The number of rotatable bonds is 6.